The lowest BCUT2D eigenvalue weighted by molar-refractivity contribution is -0.304. The molecule has 1 fully saturated rings. The Labute approximate surface area is 252 Å². The van der Waals surface area contributed by atoms with Crippen molar-refractivity contribution >= 4 is 28.7 Å². The van der Waals surface area contributed by atoms with E-state index in [9.17, 15) is 29.7 Å². The van der Waals surface area contributed by atoms with Crippen molar-refractivity contribution in [2.45, 2.75) is 71.2 Å². The number of anilines is 1. The first kappa shape index (κ1) is 32.3. The highest BCUT2D eigenvalue weighted by Gasteiger charge is 2.53. The molecule has 0 spiro atoms. The number of amides is 2. The van der Waals surface area contributed by atoms with Crippen molar-refractivity contribution < 1.29 is 48.3 Å². The summed E-state index contributed by atoms with van der Waals surface area (Å²) in [5, 5.41) is 34.6. The zero-order valence-corrected chi connectivity index (χ0v) is 25.2. The van der Waals surface area contributed by atoms with E-state index in [1.807, 2.05) is 19.9 Å². The number of hydrogen-bond donors (Lipinski definition) is 5. The molecule has 2 aromatic carbocycles. The second-order valence-electron chi connectivity index (χ2n) is 11.2. The zero-order valence-electron chi connectivity index (χ0n) is 25.2. The lowest BCUT2D eigenvalue weighted by Crippen LogP contribution is -2.65. The number of phenolic OH excluding ortho intramolecular Hbond substituents is 1. The van der Waals surface area contributed by atoms with E-state index in [0.29, 0.717) is 12.0 Å². The van der Waals surface area contributed by atoms with Crippen LogP contribution >= 0.6 is 0 Å². The number of rotatable bonds is 8. The van der Waals surface area contributed by atoms with E-state index in [1.54, 1.807) is 20.8 Å². The van der Waals surface area contributed by atoms with Gasteiger partial charge in [-0.15, -0.1) is 0 Å². The molecule has 6 N–H and O–H groups in total. The number of aromatic hydroxyl groups is 2. The third kappa shape index (κ3) is 6.49. The highest BCUT2D eigenvalue weighted by atomic mass is 16.7. The molecule has 0 bridgehead atoms. The Bertz CT molecular complexity index is 1670. The van der Waals surface area contributed by atoms with Gasteiger partial charge in [0.05, 0.1) is 11.0 Å². The number of nitrogens with two attached hydrogens (primary N) is 1. The van der Waals surface area contributed by atoms with Crippen LogP contribution in [-0.4, -0.2) is 64.6 Å². The first-order valence-electron chi connectivity index (χ1n) is 13.7. The zero-order chi connectivity index (χ0) is 32.5. The number of nitrogens with one attached hydrogen (secondary N) is 1. The van der Waals surface area contributed by atoms with E-state index in [0.717, 1.165) is 5.57 Å². The van der Waals surface area contributed by atoms with E-state index in [1.165, 1.54) is 37.4 Å². The van der Waals surface area contributed by atoms with Crippen LogP contribution in [0.25, 0.3) is 11.0 Å². The van der Waals surface area contributed by atoms with Gasteiger partial charge in [-0.1, -0.05) is 11.6 Å². The first-order chi connectivity index (χ1) is 20.6. The predicted molar refractivity (Wildman–Crippen MR) is 159 cm³/mol. The fourth-order valence-electron chi connectivity index (χ4n) is 5.06. The van der Waals surface area contributed by atoms with Gasteiger partial charge in [0.25, 0.3) is 5.91 Å². The molecule has 44 heavy (non-hydrogen) atoms. The molecule has 2 amide bonds. The summed E-state index contributed by atoms with van der Waals surface area (Å²) >= 11 is 0. The Morgan fingerprint density at radius 1 is 1.16 bits per heavy atom. The smallest absolute Gasteiger partial charge is 0.404 e. The second-order valence-corrected chi connectivity index (χ2v) is 11.2. The molecule has 0 aliphatic carbocycles. The summed E-state index contributed by atoms with van der Waals surface area (Å²) in [5.74, 6) is -1.09. The molecule has 0 saturated carbocycles. The Morgan fingerprint density at radius 3 is 2.50 bits per heavy atom. The number of carbonyl (C=O) groups is 2. The van der Waals surface area contributed by atoms with Crippen molar-refractivity contribution in [1.82, 2.24) is 0 Å². The number of methoxy groups -OCH3 is 1. The van der Waals surface area contributed by atoms with Gasteiger partial charge < -0.3 is 49.7 Å². The lowest BCUT2D eigenvalue weighted by Gasteiger charge is -2.47. The molecule has 0 radical (unpaired) electrons. The summed E-state index contributed by atoms with van der Waals surface area (Å²) in [6.07, 6.45) is -3.81. The number of ether oxygens (including phenoxy) is 4. The molecule has 13 heteroatoms. The number of benzene rings is 2. The minimum absolute atomic E-state index is 0.0183. The molecule has 236 valence electrons. The van der Waals surface area contributed by atoms with Gasteiger partial charge in [-0.25, -0.2) is 9.59 Å². The number of hydrogen-bond acceptors (Lipinski definition) is 11. The number of aryl methyl sites for hydroxylation is 1. The van der Waals surface area contributed by atoms with Gasteiger partial charge in [0, 0.05) is 18.2 Å². The number of aliphatic hydroxyl groups is 1. The number of aliphatic hydroxyl groups excluding tert-OH is 1. The Kier molecular flexibility index (Phi) is 9.23. The van der Waals surface area contributed by atoms with Gasteiger partial charge in [0.1, 0.15) is 23.2 Å². The van der Waals surface area contributed by atoms with E-state index < -0.39 is 59.3 Å². The number of carbonyl (C=O) groups excluding carboxylic acids is 2. The molecule has 0 unspecified atom stereocenters. The number of fused-ring (bicyclic) bond motifs is 1. The summed E-state index contributed by atoms with van der Waals surface area (Å²) in [6, 6.07) is 7.12. The maximum atomic E-state index is 13.0. The third-order valence-corrected chi connectivity index (χ3v) is 7.33. The molecule has 13 nitrogen and oxygen atoms in total. The lowest BCUT2D eigenvalue weighted by atomic mass is 9.89. The fourth-order valence-corrected chi connectivity index (χ4v) is 5.06. The topological polar surface area (TPSA) is 200 Å². The van der Waals surface area contributed by atoms with Crippen molar-refractivity contribution in [2.24, 2.45) is 5.73 Å². The average Bonchev–Trinajstić information content (AvgIpc) is 2.94. The van der Waals surface area contributed by atoms with Gasteiger partial charge in [0.2, 0.25) is 6.29 Å². The SMILES string of the molecule is CO[C@@H]1[C@H](OC(N)=O)[C@H](O)[C@@H](Oc2ccc3c(O)c(NC(=O)c4ccc(O)c(CC=C(C)C)c4)c(=O)oc3c2C)OC1(C)C. The molecular formula is C31H36N2O11. The van der Waals surface area contributed by atoms with Crippen LogP contribution in [0.1, 0.15) is 49.2 Å². The van der Waals surface area contributed by atoms with Gasteiger partial charge in [-0.3, -0.25) is 4.79 Å². The van der Waals surface area contributed by atoms with E-state index in [4.69, 9.17) is 29.1 Å². The van der Waals surface area contributed by atoms with Crippen molar-refractivity contribution in [3.8, 4) is 17.2 Å². The van der Waals surface area contributed by atoms with Gasteiger partial charge in [0.15, 0.2) is 23.6 Å². The van der Waals surface area contributed by atoms with E-state index in [2.05, 4.69) is 5.32 Å². The molecule has 1 aliphatic heterocycles. The van der Waals surface area contributed by atoms with Crippen LogP contribution in [-0.2, 0) is 20.6 Å². The predicted octanol–water partition coefficient (Wildman–Crippen LogP) is 3.63. The van der Waals surface area contributed by atoms with Crippen molar-refractivity contribution in [3.63, 3.8) is 0 Å². The summed E-state index contributed by atoms with van der Waals surface area (Å²) in [4.78, 5) is 37.5. The monoisotopic (exact) mass is 612 g/mol. The summed E-state index contributed by atoms with van der Waals surface area (Å²) in [7, 11) is 1.37. The molecule has 1 aromatic heterocycles. The molecule has 2 heterocycles. The summed E-state index contributed by atoms with van der Waals surface area (Å²) < 4.78 is 27.9. The van der Waals surface area contributed by atoms with E-state index >= 15 is 0 Å². The van der Waals surface area contributed by atoms with Gasteiger partial charge in [-0.2, -0.15) is 0 Å². The molecule has 1 aliphatic rings. The minimum Gasteiger partial charge on any atom is -0.508 e. The van der Waals surface area contributed by atoms with Crippen LogP contribution in [0.2, 0.25) is 0 Å². The maximum absolute atomic E-state index is 13.0. The van der Waals surface area contributed by atoms with Crippen molar-refractivity contribution in [2.75, 3.05) is 12.4 Å². The summed E-state index contributed by atoms with van der Waals surface area (Å²) in [6.45, 7) is 8.69. The third-order valence-electron chi connectivity index (χ3n) is 7.33. The van der Waals surface area contributed by atoms with Gasteiger partial charge in [-0.05, 0) is 76.9 Å². The standard InChI is InChI=1S/C31H36N2O11/c1-14(2)7-8-16-13-17(9-11-19(16)34)27(37)33-21-22(35)18-10-12-20(15(3)24(18)42-28(21)38)41-29-23(36)25(43-30(32)39)26(40-6)31(4,5)44-29/h7,9-13,23,25-26,29,34-36H,8H2,1-6H3,(H2,32,39)(H,33,37)/t23-,25+,26+,29-/m0/s1. The van der Waals surface area contributed by atoms with E-state index in [-0.39, 0.29) is 33.6 Å². The van der Waals surface area contributed by atoms with Gasteiger partial charge >= 0.3 is 11.7 Å². The minimum atomic E-state index is -1.52. The van der Waals surface area contributed by atoms with Crippen molar-refractivity contribution in [1.29, 1.82) is 0 Å². The van der Waals surface area contributed by atoms with Crippen LogP contribution in [0, 0.1) is 6.92 Å². The Balaban J connectivity index is 1.63. The number of allylic oxidation sites excluding steroid dienone is 2. The largest absolute Gasteiger partial charge is 0.508 e. The quantitative estimate of drug-likeness (QED) is 0.184. The Hall–Kier alpha value is -4.59. The molecule has 1 saturated heterocycles. The van der Waals surface area contributed by atoms with Crippen LogP contribution in [0.5, 0.6) is 17.2 Å². The fraction of sp³-hybridized carbons (Fsp3) is 0.387. The molecule has 4 atom stereocenters. The van der Waals surface area contributed by atoms with Crippen molar-refractivity contribution in [3.05, 3.63) is 69.1 Å². The Morgan fingerprint density at radius 2 is 1.86 bits per heavy atom. The number of phenols is 1. The first-order valence-corrected chi connectivity index (χ1v) is 13.7. The van der Waals surface area contributed by atoms with Crippen LogP contribution < -0.4 is 21.4 Å². The normalized spacial score (nSPS) is 21.0. The van der Waals surface area contributed by atoms with Crippen LogP contribution in [0.15, 0.2) is 51.2 Å². The highest BCUT2D eigenvalue weighted by Crippen LogP contribution is 2.38. The average molecular weight is 613 g/mol. The summed E-state index contributed by atoms with van der Waals surface area (Å²) in [5.41, 5.74) is 4.54. The van der Waals surface area contributed by atoms with Crippen LogP contribution in [0.3, 0.4) is 0 Å². The second kappa shape index (κ2) is 12.6. The molecule has 4 rings (SSSR count). The highest BCUT2D eigenvalue weighted by molar-refractivity contribution is 6.06. The number of primary amides is 1. The molecular weight excluding hydrogens is 576 g/mol. The van der Waals surface area contributed by atoms with Crippen LogP contribution in [0.4, 0.5) is 10.5 Å². The maximum Gasteiger partial charge on any atom is 0.404 e. The molecule has 3 aromatic rings.